The number of aromatic nitrogens is 4. The molecule has 0 unspecified atom stereocenters. The summed E-state index contributed by atoms with van der Waals surface area (Å²) in [7, 11) is 5.68. The third-order valence-corrected chi connectivity index (χ3v) is 9.70. The maximum absolute atomic E-state index is 12.7. The van der Waals surface area contributed by atoms with Gasteiger partial charge in [0, 0.05) is 26.2 Å². The monoisotopic (exact) mass is 540 g/mol. The van der Waals surface area contributed by atoms with E-state index in [4.69, 9.17) is 9.47 Å². The van der Waals surface area contributed by atoms with Gasteiger partial charge >= 0.3 is 0 Å². The molecule has 2 saturated heterocycles. The molecule has 2 aromatic heterocycles. The smallest absolute Gasteiger partial charge is 0.287 e. The van der Waals surface area contributed by atoms with Crippen molar-refractivity contribution >= 4 is 55.6 Å². The van der Waals surface area contributed by atoms with Crippen molar-refractivity contribution in [3.8, 4) is 11.8 Å². The van der Waals surface area contributed by atoms with E-state index >= 15 is 0 Å². The summed E-state index contributed by atoms with van der Waals surface area (Å²) >= 11 is 2.13. The van der Waals surface area contributed by atoms with Gasteiger partial charge in [0.2, 0.25) is 11.8 Å². The molecule has 0 saturated carbocycles. The van der Waals surface area contributed by atoms with Crippen LogP contribution in [0.5, 0.6) is 11.8 Å². The second kappa shape index (κ2) is 12.2. The highest BCUT2D eigenvalue weighted by Gasteiger charge is 2.26. The van der Waals surface area contributed by atoms with Crippen molar-refractivity contribution in [2.75, 3.05) is 40.4 Å². The number of thioether (sulfide) groups is 2. The number of amides is 2. The molecule has 4 heterocycles. The van der Waals surface area contributed by atoms with Crippen LogP contribution in [0.15, 0.2) is 32.5 Å². The third kappa shape index (κ3) is 6.01. The van der Waals surface area contributed by atoms with Crippen molar-refractivity contribution in [3.63, 3.8) is 0 Å². The molecule has 2 aromatic rings. The number of carbonyl (C=O) groups is 2. The number of hydrogen-bond acceptors (Lipinski definition) is 12. The van der Waals surface area contributed by atoms with Crippen LogP contribution in [0.1, 0.15) is 25.7 Å². The molecule has 0 aromatic carbocycles. The fourth-order valence-electron chi connectivity index (χ4n) is 3.44. The molecule has 0 aliphatic carbocycles. The Morgan fingerprint density at radius 2 is 1.09 bits per heavy atom. The van der Waals surface area contributed by atoms with Crippen LogP contribution in [-0.4, -0.2) is 80.6 Å². The van der Waals surface area contributed by atoms with Crippen LogP contribution in [0, 0.1) is 0 Å². The van der Waals surface area contributed by atoms with Crippen molar-refractivity contribution in [3.05, 3.63) is 12.7 Å². The standard InChI is InChI=1S/C20H24N6O4S4/c1-29-15-13(17(23-11-21-15)31-19(27)25-7-3-4-8-25)33-34-14-16(30-2)22-12-24-18(14)32-20(28)26-9-5-6-10-26/h11-12H,3-10H2,1-2H3. The fraction of sp³-hybridized carbons (Fsp3) is 0.500. The highest BCUT2D eigenvalue weighted by Crippen LogP contribution is 2.49. The molecule has 2 aliphatic rings. The van der Waals surface area contributed by atoms with E-state index in [2.05, 4.69) is 19.9 Å². The first-order valence-corrected chi connectivity index (χ1v) is 14.4. The number of nitrogens with zero attached hydrogens (tertiary/aromatic N) is 6. The number of ether oxygens (including phenoxy) is 2. The molecule has 182 valence electrons. The molecule has 14 heteroatoms. The molecular weight excluding hydrogens is 517 g/mol. The highest BCUT2D eigenvalue weighted by molar-refractivity contribution is 8.76. The summed E-state index contributed by atoms with van der Waals surface area (Å²) in [6.45, 7) is 3.04. The van der Waals surface area contributed by atoms with Gasteiger partial charge in [-0.1, -0.05) is 0 Å². The van der Waals surface area contributed by atoms with E-state index in [9.17, 15) is 9.59 Å². The Hall–Kier alpha value is -1.90. The summed E-state index contributed by atoms with van der Waals surface area (Å²) in [6, 6.07) is 0. The van der Waals surface area contributed by atoms with Crippen LogP contribution >= 0.6 is 45.1 Å². The van der Waals surface area contributed by atoms with E-state index in [-0.39, 0.29) is 10.5 Å². The summed E-state index contributed by atoms with van der Waals surface area (Å²) < 4.78 is 10.9. The minimum absolute atomic E-state index is 0.0433. The Morgan fingerprint density at radius 1 is 0.706 bits per heavy atom. The van der Waals surface area contributed by atoms with Gasteiger partial charge in [-0.3, -0.25) is 9.59 Å². The van der Waals surface area contributed by atoms with Crippen LogP contribution in [0.25, 0.3) is 0 Å². The van der Waals surface area contributed by atoms with Crippen molar-refractivity contribution in [1.82, 2.24) is 29.7 Å². The minimum atomic E-state index is -0.0433. The molecule has 0 N–H and O–H groups in total. The molecule has 2 fully saturated rings. The topological polar surface area (TPSA) is 111 Å². The van der Waals surface area contributed by atoms with Crippen LogP contribution in [-0.2, 0) is 0 Å². The molecule has 2 aliphatic heterocycles. The first-order chi connectivity index (χ1) is 16.6. The summed E-state index contributed by atoms with van der Waals surface area (Å²) in [5.74, 6) is 0.727. The average Bonchev–Trinajstić information content (AvgIpc) is 3.58. The Balaban J connectivity index is 1.55. The maximum Gasteiger partial charge on any atom is 0.287 e. The lowest BCUT2D eigenvalue weighted by Crippen LogP contribution is -2.23. The predicted octanol–water partition coefficient (Wildman–Crippen LogP) is 4.70. The number of likely N-dealkylation sites (tertiary alicyclic amines) is 2. The molecule has 34 heavy (non-hydrogen) atoms. The van der Waals surface area contributed by atoms with Gasteiger partial charge < -0.3 is 19.3 Å². The van der Waals surface area contributed by atoms with Gasteiger partial charge in [-0.2, -0.15) is 0 Å². The normalized spacial score (nSPS) is 15.6. The summed E-state index contributed by atoms with van der Waals surface area (Å²) in [5, 5.41) is 0.940. The summed E-state index contributed by atoms with van der Waals surface area (Å²) in [4.78, 5) is 47.4. The average molecular weight is 541 g/mol. The van der Waals surface area contributed by atoms with Crippen molar-refractivity contribution in [2.24, 2.45) is 0 Å². The number of methoxy groups -OCH3 is 2. The Bertz CT molecular complexity index is 953. The molecule has 4 rings (SSSR count). The lowest BCUT2D eigenvalue weighted by Gasteiger charge is -2.17. The minimum Gasteiger partial charge on any atom is -0.480 e. The van der Waals surface area contributed by atoms with Gasteiger partial charge in [0.1, 0.15) is 32.5 Å². The second-order valence-corrected chi connectivity index (χ2v) is 11.4. The van der Waals surface area contributed by atoms with Crippen molar-refractivity contribution in [1.29, 1.82) is 0 Å². The number of carbonyl (C=O) groups excluding carboxylic acids is 2. The molecule has 0 bridgehead atoms. The molecule has 0 radical (unpaired) electrons. The first kappa shape index (κ1) is 25.2. The van der Waals surface area contributed by atoms with Crippen LogP contribution in [0.2, 0.25) is 0 Å². The van der Waals surface area contributed by atoms with Gasteiger partial charge in [-0.05, 0) is 70.8 Å². The van der Waals surface area contributed by atoms with E-state index in [1.165, 1.54) is 48.5 Å². The van der Waals surface area contributed by atoms with Crippen molar-refractivity contribution < 1.29 is 19.1 Å². The summed E-state index contributed by atoms with van der Waals surface area (Å²) in [6.07, 6.45) is 6.83. The summed E-state index contributed by atoms with van der Waals surface area (Å²) in [5.41, 5.74) is 0. The SMILES string of the molecule is COc1ncnc(SC(=O)N2CCCC2)c1SSc1c(OC)ncnc1SC(=O)N1CCCC1. The highest BCUT2D eigenvalue weighted by atomic mass is 33.1. The molecule has 10 nitrogen and oxygen atoms in total. The Morgan fingerprint density at radius 3 is 1.44 bits per heavy atom. The lowest BCUT2D eigenvalue weighted by molar-refractivity contribution is 0.233. The van der Waals surface area contributed by atoms with Gasteiger partial charge in [-0.15, -0.1) is 0 Å². The largest absolute Gasteiger partial charge is 0.480 e. The second-order valence-electron chi connectivity index (χ2n) is 7.33. The van der Waals surface area contributed by atoms with E-state index < -0.39 is 0 Å². The Kier molecular flexibility index (Phi) is 9.03. The van der Waals surface area contributed by atoms with E-state index in [0.29, 0.717) is 31.6 Å². The van der Waals surface area contributed by atoms with Crippen LogP contribution < -0.4 is 9.47 Å². The van der Waals surface area contributed by atoms with Crippen LogP contribution in [0.3, 0.4) is 0 Å². The molecular formula is C20H24N6O4S4. The van der Waals surface area contributed by atoms with Gasteiger partial charge in [0.15, 0.2) is 0 Å². The Labute approximate surface area is 214 Å². The van der Waals surface area contributed by atoms with E-state index in [1.54, 1.807) is 0 Å². The number of hydrogen-bond donors (Lipinski definition) is 0. The maximum atomic E-state index is 12.7. The zero-order valence-corrected chi connectivity index (χ0v) is 22.0. The van der Waals surface area contributed by atoms with Crippen molar-refractivity contribution in [2.45, 2.75) is 45.5 Å². The van der Waals surface area contributed by atoms with E-state index in [1.807, 2.05) is 9.80 Å². The molecule has 0 atom stereocenters. The zero-order chi connectivity index (χ0) is 23.9. The van der Waals surface area contributed by atoms with Gasteiger partial charge in [-0.25, -0.2) is 19.9 Å². The zero-order valence-electron chi connectivity index (χ0n) is 18.8. The fourth-order valence-corrected chi connectivity index (χ4v) is 8.00. The molecule has 0 spiro atoms. The van der Waals surface area contributed by atoms with Crippen LogP contribution in [0.4, 0.5) is 9.59 Å². The molecule has 2 amide bonds. The predicted molar refractivity (Wildman–Crippen MR) is 133 cm³/mol. The first-order valence-electron chi connectivity index (χ1n) is 10.7. The number of rotatable bonds is 7. The van der Waals surface area contributed by atoms with Gasteiger partial charge in [0.05, 0.1) is 14.2 Å². The van der Waals surface area contributed by atoms with E-state index in [0.717, 1.165) is 75.4 Å². The quantitative estimate of drug-likeness (QED) is 0.276. The lowest BCUT2D eigenvalue weighted by atomic mass is 10.4. The third-order valence-electron chi connectivity index (χ3n) is 5.17. The van der Waals surface area contributed by atoms with Gasteiger partial charge in [0.25, 0.3) is 10.5 Å².